The van der Waals surface area contributed by atoms with Crippen LogP contribution in [0.4, 0.5) is 17.5 Å². The largest absolute Gasteiger partial charge is 0.370 e. The molecule has 7 heteroatoms. The summed E-state index contributed by atoms with van der Waals surface area (Å²) in [7, 11) is 0. The topological polar surface area (TPSA) is 67.1 Å². The molecule has 0 saturated heterocycles. The third kappa shape index (κ3) is 3.14. The predicted octanol–water partition coefficient (Wildman–Crippen LogP) is 3.96. The van der Waals surface area contributed by atoms with E-state index in [9.17, 15) is 0 Å². The minimum absolute atomic E-state index is 0.507. The number of anilines is 3. The normalized spacial score (nSPS) is 14.1. The summed E-state index contributed by atoms with van der Waals surface area (Å²) in [6.07, 6.45) is 2.61. The summed E-state index contributed by atoms with van der Waals surface area (Å²) in [4.78, 5) is 8.95. The molecule has 0 radical (unpaired) electrons. The summed E-state index contributed by atoms with van der Waals surface area (Å²) < 4.78 is 1.75. The first kappa shape index (κ1) is 15.2. The zero-order valence-electron chi connectivity index (χ0n) is 13.7. The van der Waals surface area contributed by atoms with Crippen molar-refractivity contribution in [2.24, 2.45) is 5.92 Å². The Bertz CT molecular complexity index is 899. The van der Waals surface area contributed by atoms with Gasteiger partial charge in [0.25, 0.3) is 5.78 Å². The standard InChI is InChI=1S/C17H19ClN6/c1-10-3-6-13(18)8-14(10)21-16-22-17-20-11(2)7-15(24(17)23-16)19-9-12-4-5-12/h3,6-8,12,19H,4-5,9H2,1-2H3,(H,21,23). The van der Waals surface area contributed by atoms with Crippen LogP contribution in [0.5, 0.6) is 0 Å². The Kier molecular flexibility index (Phi) is 3.76. The molecule has 1 fully saturated rings. The summed E-state index contributed by atoms with van der Waals surface area (Å²) in [6, 6.07) is 7.70. The van der Waals surface area contributed by atoms with Gasteiger partial charge in [-0.2, -0.15) is 9.50 Å². The highest BCUT2D eigenvalue weighted by molar-refractivity contribution is 6.30. The SMILES string of the molecule is Cc1cc(NCC2CC2)n2nc(Nc3cc(Cl)ccc3C)nc2n1. The Hall–Kier alpha value is -2.34. The van der Waals surface area contributed by atoms with E-state index in [0.29, 0.717) is 16.7 Å². The van der Waals surface area contributed by atoms with Gasteiger partial charge in [0.1, 0.15) is 5.82 Å². The number of nitrogens with zero attached hydrogens (tertiary/aromatic N) is 4. The van der Waals surface area contributed by atoms with Crippen molar-refractivity contribution < 1.29 is 0 Å². The van der Waals surface area contributed by atoms with Crippen LogP contribution in [0.1, 0.15) is 24.1 Å². The van der Waals surface area contributed by atoms with Crippen LogP contribution in [0.2, 0.25) is 5.02 Å². The first-order valence-corrected chi connectivity index (χ1v) is 8.48. The molecule has 2 N–H and O–H groups in total. The second kappa shape index (κ2) is 5.94. The number of fused-ring (bicyclic) bond motifs is 1. The van der Waals surface area contributed by atoms with Crippen LogP contribution >= 0.6 is 11.6 Å². The summed E-state index contributed by atoms with van der Waals surface area (Å²) in [5.41, 5.74) is 2.88. The summed E-state index contributed by atoms with van der Waals surface area (Å²) in [5, 5.41) is 11.9. The minimum Gasteiger partial charge on any atom is -0.370 e. The number of halogens is 1. The molecule has 24 heavy (non-hydrogen) atoms. The van der Waals surface area contributed by atoms with Crippen molar-refractivity contribution in [2.75, 3.05) is 17.2 Å². The predicted molar refractivity (Wildman–Crippen MR) is 96.2 cm³/mol. The molecule has 1 aromatic carbocycles. The molecule has 0 atom stereocenters. The van der Waals surface area contributed by atoms with Crippen LogP contribution in [0.3, 0.4) is 0 Å². The van der Waals surface area contributed by atoms with E-state index >= 15 is 0 Å². The first-order chi connectivity index (χ1) is 11.6. The summed E-state index contributed by atoms with van der Waals surface area (Å²) >= 11 is 6.08. The maximum Gasteiger partial charge on any atom is 0.256 e. The van der Waals surface area contributed by atoms with Crippen LogP contribution < -0.4 is 10.6 Å². The molecule has 6 nitrogen and oxygen atoms in total. The molecule has 0 unspecified atom stereocenters. The zero-order valence-corrected chi connectivity index (χ0v) is 14.4. The zero-order chi connectivity index (χ0) is 16.7. The third-order valence-electron chi connectivity index (χ3n) is 4.16. The van der Waals surface area contributed by atoms with Gasteiger partial charge in [0.15, 0.2) is 0 Å². The van der Waals surface area contributed by atoms with Crippen LogP contribution in [-0.4, -0.2) is 26.1 Å². The van der Waals surface area contributed by atoms with Crippen molar-refractivity contribution in [1.29, 1.82) is 0 Å². The maximum absolute atomic E-state index is 6.08. The molecule has 1 aliphatic carbocycles. The Labute approximate surface area is 145 Å². The van der Waals surface area contributed by atoms with E-state index in [2.05, 4.69) is 25.7 Å². The van der Waals surface area contributed by atoms with Crippen molar-refractivity contribution in [3.05, 3.63) is 40.5 Å². The van der Waals surface area contributed by atoms with Gasteiger partial charge in [-0.05, 0) is 50.3 Å². The van der Waals surface area contributed by atoms with Gasteiger partial charge in [0.05, 0.1) is 0 Å². The molecule has 2 heterocycles. The van der Waals surface area contributed by atoms with E-state index in [1.54, 1.807) is 4.52 Å². The molecule has 3 aromatic rings. The van der Waals surface area contributed by atoms with Crippen LogP contribution in [0.15, 0.2) is 24.3 Å². The van der Waals surface area contributed by atoms with Gasteiger partial charge in [-0.3, -0.25) is 0 Å². The van der Waals surface area contributed by atoms with Gasteiger partial charge in [0.2, 0.25) is 5.95 Å². The van der Waals surface area contributed by atoms with E-state index in [0.717, 1.165) is 35.2 Å². The number of benzene rings is 1. The lowest BCUT2D eigenvalue weighted by Crippen LogP contribution is -2.09. The number of hydrogen-bond acceptors (Lipinski definition) is 5. The molecule has 1 aliphatic rings. The smallest absolute Gasteiger partial charge is 0.256 e. The maximum atomic E-state index is 6.08. The highest BCUT2D eigenvalue weighted by Gasteiger charge is 2.21. The fourth-order valence-electron chi connectivity index (χ4n) is 2.59. The Balaban J connectivity index is 1.66. The molecular formula is C17H19ClN6. The van der Waals surface area contributed by atoms with Crippen molar-refractivity contribution in [3.63, 3.8) is 0 Å². The van der Waals surface area contributed by atoms with Gasteiger partial charge >= 0.3 is 0 Å². The van der Waals surface area contributed by atoms with Gasteiger partial charge in [-0.25, -0.2) is 4.98 Å². The molecule has 2 aromatic heterocycles. The van der Waals surface area contributed by atoms with E-state index in [4.69, 9.17) is 11.6 Å². The Morgan fingerprint density at radius 1 is 1.21 bits per heavy atom. The molecule has 4 rings (SSSR count). The lowest BCUT2D eigenvalue weighted by atomic mass is 10.2. The lowest BCUT2D eigenvalue weighted by Gasteiger charge is -2.07. The van der Waals surface area contributed by atoms with Crippen LogP contribution in [0.25, 0.3) is 5.78 Å². The van der Waals surface area contributed by atoms with Crippen LogP contribution in [-0.2, 0) is 0 Å². The van der Waals surface area contributed by atoms with Crippen LogP contribution in [0, 0.1) is 19.8 Å². The van der Waals surface area contributed by atoms with E-state index < -0.39 is 0 Å². The number of aromatic nitrogens is 4. The molecule has 1 saturated carbocycles. The Morgan fingerprint density at radius 2 is 2.04 bits per heavy atom. The van der Waals surface area contributed by atoms with Gasteiger partial charge in [-0.15, -0.1) is 5.10 Å². The second-order valence-corrected chi connectivity index (χ2v) is 6.77. The minimum atomic E-state index is 0.507. The van der Waals surface area contributed by atoms with Crippen molar-refractivity contribution in [3.8, 4) is 0 Å². The first-order valence-electron chi connectivity index (χ1n) is 8.10. The molecule has 0 spiro atoms. The Morgan fingerprint density at radius 3 is 2.83 bits per heavy atom. The highest BCUT2D eigenvalue weighted by atomic mass is 35.5. The summed E-state index contributed by atoms with van der Waals surface area (Å²) in [6.45, 7) is 4.94. The van der Waals surface area contributed by atoms with E-state index in [1.807, 2.05) is 38.1 Å². The molecule has 0 amide bonds. The quantitative estimate of drug-likeness (QED) is 0.734. The van der Waals surface area contributed by atoms with Crippen molar-refractivity contribution in [1.82, 2.24) is 19.6 Å². The monoisotopic (exact) mass is 342 g/mol. The number of nitrogens with one attached hydrogen (secondary N) is 2. The molecule has 124 valence electrons. The number of rotatable bonds is 5. The summed E-state index contributed by atoms with van der Waals surface area (Å²) in [5.74, 6) is 2.79. The molecule has 0 bridgehead atoms. The van der Waals surface area contributed by atoms with E-state index in [1.165, 1.54) is 12.8 Å². The second-order valence-electron chi connectivity index (χ2n) is 6.34. The average Bonchev–Trinajstić information content (AvgIpc) is 3.28. The van der Waals surface area contributed by atoms with Gasteiger partial charge < -0.3 is 10.6 Å². The van der Waals surface area contributed by atoms with Gasteiger partial charge in [-0.1, -0.05) is 17.7 Å². The van der Waals surface area contributed by atoms with Crippen molar-refractivity contribution >= 4 is 34.8 Å². The van der Waals surface area contributed by atoms with E-state index in [-0.39, 0.29) is 0 Å². The van der Waals surface area contributed by atoms with Crippen molar-refractivity contribution in [2.45, 2.75) is 26.7 Å². The fraction of sp³-hybridized carbons (Fsp3) is 0.353. The average molecular weight is 343 g/mol. The molecule has 0 aliphatic heterocycles. The number of aryl methyl sites for hydroxylation is 2. The highest BCUT2D eigenvalue weighted by Crippen LogP contribution is 2.29. The third-order valence-corrected chi connectivity index (χ3v) is 4.39. The fourth-order valence-corrected chi connectivity index (χ4v) is 2.76. The lowest BCUT2D eigenvalue weighted by molar-refractivity contribution is 0.854. The number of hydrogen-bond donors (Lipinski definition) is 2. The molecular weight excluding hydrogens is 324 g/mol. The van der Waals surface area contributed by atoms with Gasteiger partial charge in [0, 0.05) is 29.0 Å².